The van der Waals surface area contributed by atoms with Crippen molar-refractivity contribution in [2.75, 3.05) is 19.0 Å². The van der Waals surface area contributed by atoms with Crippen LogP contribution >= 0.6 is 0 Å². The standard InChI is InChI=1S/C22H24N4O3/c1-4-29-21(27)8-7-18-6-5-16(14-24-18)17-11-15(2)12-19(13-17)25-22-23-10-9-20(26-22)28-3/h5-6,9-14H,4,7-8H2,1-3H3,(H,23,25,26). The first-order chi connectivity index (χ1) is 14.1. The van der Waals surface area contributed by atoms with Crippen LogP contribution in [0.25, 0.3) is 11.1 Å². The largest absolute Gasteiger partial charge is 0.481 e. The molecule has 150 valence electrons. The molecule has 0 aliphatic rings. The molecule has 0 aliphatic carbocycles. The Kier molecular flexibility index (Phi) is 6.73. The predicted molar refractivity (Wildman–Crippen MR) is 111 cm³/mol. The summed E-state index contributed by atoms with van der Waals surface area (Å²) in [6.07, 6.45) is 4.36. The van der Waals surface area contributed by atoms with Gasteiger partial charge in [-0.05, 0) is 43.2 Å². The fourth-order valence-corrected chi connectivity index (χ4v) is 2.87. The first kappa shape index (κ1) is 20.3. The molecule has 0 unspecified atom stereocenters. The number of hydrogen-bond acceptors (Lipinski definition) is 7. The highest BCUT2D eigenvalue weighted by Crippen LogP contribution is 2.26. The van der Waals surface area contributed by atoms with Gasteiger partial charge in [0.1, 0.15) is 0 Å². The third-order valence-electron chi connectivity index (χ3n) is 4.22. The Morgan fingerprint density at radius 1 is 1.10 bits per heavy atom. The van der Waals surface area contributed by atoms with Gasteiger partial charge in [0.15, 0.2) is 0 Å². The zero-order valence-corrected chi connectivity index (χ0v) is 16.8. The van der Waals surface area contributed by atoms with E-state index in [1.165, 1.54) is 0 Å². The van der Waals surface area contributed by atoms with Crippen molar-refractivity contribution in [3.8, 4) is 17.0 Å². The maximum atomic E-state index is 11.5. The van der Waals surface area contributed by atoms with Crippen molar-refractivity contribution < 1.29 is 14.3 Å². The molecule has 0 bridgehead atoms. The Morgan fingerprint density at radius 3 is 2.69 bits per heavy atom. The molecule has 0 saturated heterocycles. The van der Waals surface area contributed by atoms with E-state index in [0.717, 1.165) is 28.1 Å². The minimum Gasteiger partial charge on any atom is -0.481 e. The highest BCUT2D eigenvalue weighted by molar-refractivity contribution is 5.71. The smallest absolute Gasteiger partial charge is 0.306 e. The fourth-order valence-electron chi connectivity index (χ4n) is 2.87. The Bertz CT molecular complexity index is 974. The van der Waals surface area contributed by atoms with E-state index in [-0.39, 0.29) is 5.97 Å². The molecule has 2 aromatic heterocycles. The lowest BCUT2D eigenvalue weighted by molar-refractivity contribution is -0.143. The highest BCUT2D eigenvalue weighted by atomic mass is 16.5. The average molecular weight is 392 g/mol. The van der Waals surface area contributed by atoms with Crippen molar-refractivity contribution in [1.29, 1.82) is 0 Å². The van der Waals surface area contributed by atoms with Crippen molar-refractivity contribution in [1.82, 2.24) is 15.0 Å². The summed E-state index contributed by atoms with van der Waals surface area (Å²) in [6, 6.07) is 11.8. The molecule has 2 heterocycles. The predicted octanol–water partition coefficient (Wildman–Crippen LogP) is 4.09. The number of esters is 1. The van der Waals surface area contributed by atoms with E-state index < -0.39 is 0 Å². The molecule has 1 aromatic carbocycles. The summed E-state index contributed by atoms with van der Waals surface area (Å²) in [7, 11) is 1.57. The molecule has 7 nitrogen and oxygen atoms in total. The molecule has 29 heavy (non-hydrogen) atoms. The van der Waals surface area contributed by atoms with Crippen LogP contribution in [0.5, 0.6) is 5.88 Å². The minimum atomic E-state index is -0.201. The molecule has 0 fully saturated rings. The lowest BCUT2D eigenvalue weighted by atomic mass is 10.0. The number of nitrogens with one attached hydrogen (secondary N) is 1. The number of anilines is 2. The van der Waals surface area contributed by atoms with Gasteiger partial charge in [0.25, 0.3) is 0 Å². The zero-order chi connectivity index (χ0) is 20.6. The van der Waals surface area contributed by atoms with E-state index in [4.69, 9.17) is 9.47 Å². The fraction of sp³-hybridized carbons (Fsp3) is 0.273. The van der Waals surface area contributed by atoms with E-state index in [0.29, 0.717) is 31.3 Å². The van der Waals surface area contributed by atoms with Crippen LogP contribution in [0.1, 0.15) is 24.6 Å². The Balaban J connectivity index is 1.74. The number of aromatic nitrogens is 3. The number of carbonyl (C=O) groups excluding carboxylic acids is 1. The second-order valence-electron chi connectivity index (χ2n) is 6.48. The maximum Gasteiger partial charge on any atom is 0.306 e. The minimum absolute atomic E-state index is 0.201. The molecular formula is C22H24N4O3. The van der Waals surface area contributed by atoms with Crippen molar-refractivity contribution in [2.45, 2.75) is 26.7 Å². The lowest BCUT2D eigenvalue weighted by Gasteiger charge is -2.10. The van der Waals surface area contributed by atoms with Crippen molar-refractivity contribution in [3.63, 3.8) is 0 Å². The second-order valence-corrected chi connectivity index (χ2v) is 6.48. The Morgan fingerprint density at radius 2 is 1.97 bits per heavy atom. The number of benzene rings is 1. The van der Waals surface area contributed by atoms with Gasteiger partial charge in [0.05, 0.1) is 20.1 Å². The van der Waals surface area contributed by atoms with Crippen LogP contribution < -0.4 is 10.1 Å². The summed E-state index contributed by atoms with van der Waals surface area (Å²) in [5.41, 5.74) is 4.85. The quantitative estimate of drug-likeness (QED) is 0.578. The molecule has 3 rings (SSSR count). The van der Waals surface area contributed by atoms with Gasteiger partial charge in [-0.15, -0.1) is 0 Å². The summed E-state index contributed by atoms with van der Waals surface area (Å²) in [5, 5.41) is 3.21. The molecule has 0 amide bonds. The number of carbonyl (C=O) groups is 1. The Hall–Kier alpha value is -3.48. The summed E-state index contributed by atoms with van der Waals surface area (Å²) in [6.45, 7) is 4.23. The van der Waals surface area contributed by atoms with Gasteiger partial charge in [-0.3, -0.25) is 9.78 Å². The van der Waals surface area contributed by atoms with E-state index in [9.17, 15) is 4.79 Å². The monoisotopic (exact) mass is 392 g/mol. The molecular weight excluding hydrogens is 368 g/mol. The zero-order valence-electron chi connectivity index (χ0n) is 16.8. The number of hydrogen-bond donors (Lipinski definition) is 1. The van der Waals surface area contributed by atoms with E-state index in [1.807, 2.05) is 37.4 Å². The maximum absolute atomic E-state index is 11.5. The van der Waals surface area contributed by atoms with Crippen LogP contribution in [0.3, 0.4) is 0 Å². The Labute approximate surface area is 170 Å². The number of nitrogens with zero attached hydrogens (tertiary/aromatic N) is 3. The van der Waals surface area contributed by atoms with Crippen molar-refractivity contribution in [2.24, 2.45) is 0 Å². The molecule has 0 saturated carbocycles. The highest BCUT2D eigenvalue weighted by Gasteiger charge is 2.07. The molecule has 7 heteroatoms. The SMILES string of the molecule is CCOC(=O)CCc1ccc(-c2cc(C)cc(Nc3nccc(OC)n3)c2)cn1. The van der Waals surface area contributed by atoms with Gasteiger partial charge in [0.2, 0.25) is 11.8 Å². The number of pyridine rings is 1. The van der Waals surface area contributed by atoms with Crippen LogP contribution in [0, 0.1) is 6.92 Å². The van der Waals surface area contributed by atoms with Gasteiger partial charge in [0, 0.05) is 41.8 Å². The topological polar surface area (TPSA) is 86.2 Å². The average Bonchev–Trinajstić information content (AvgIpc) is 2.72. The van der Waals surface area contributed by atoms with Gasteiger partial charge < -0.3 is 14.8 Å². The summed E-state index contributed by atoms with van der Waals surface area (Å²) in [5.74, 6) is 0.763. The number of methoxy groups -OCH3 is 1. The molecule has 0 atom stereocenters. The second kappa shape index (κ2) is 9.64. The van der Waals surface area contributed by atoms with Crippen LogP contribution in [0.4, 0.5) is 11.6 Å². The third-order valence-corrected chi connectivity index (χ3v) is 4.22. The van der Waals surface area contributed by atoms with E-state index in [2.05, 4.69) is 26.3 Å². The van der Waals surface area contributed by atoms with Crippen LogP contribution in [0.2, 0.25) is 0 Å². The van der Waals surface area contributed by atoms with Gasteiger partial charge in [-0.1, -0.05) is 12.1 Å². The van der Waals surface area contributed by atoms with Gasteiger partial charge in [-0.2, -0.15) is 4.98 Å². The number of rotatable bonds is 8. The number of ether oxygens (including phenoxy) is 2. The van der Waals surface area contributed by atoms with Crippen LogP contribution in [-0.4, -0.2) is 34.6 Å². The molecule has 0 aliphatic heterocycles. The summed E-state index contributed by atoms with van der Waals surface area (Å²) < 4.78 is 10.1. The summed E-state index contributed by atoms with van der Waals surface area (Å²) in [4.78, 5) is 24.5. The molecule has 0 radical (unpaired) electrons. The lowest BCUT2D eigenvalue weighted by Crippen LogP contribution is -2.05. The van der Waals surface area contributed by atoms with Gasteiger partial charge >= 0.3 is 5.97 Å². The van der Waals surface area contributed by atoms with Crippen LogP contribution in [0.15, 0.2) is 48.8 Å². The van der Waals surface area contributed by atoms with Crippen molar-refractivity contribution >= 4 is 17.6 Å². The van der Waals surface area contributed by atoms with E-state index in [1.54, 1.807) is 26.3 Å². The van der Waals surface area contributed by atoms with E-state index >= 15 is 0 Å². The normalized spacial score (nSPS) is 10.4. The van der Waals surface area contributed by atoms with Crippen LogP contribution in [-0.2, 0) is 16.0 Å². The summed E-state index contributed by atoms with van der Waals surface area (Å²) >= 11 is 0. The number of aryl methyl sites for hydroxylation is 2. The molecule has 1 N–H and O–H groups in total. The third kappa shape index (κ3) is 5.75. The molecule has 3 aromatic rings. The van der Waals surface area contributed by atoms with Crippen molar-refractivity contribution in [3.05, 3.63) is 60.0 Å². The first-order valence-corrected chi connectivity index (χ1v) is 9.44. The first-order valence-electron chi connectivity index (χ1n) is 9.44. The van der Waals surface area contributed by atoms with Gasteiger partial charge in [-0.25, -0.2) is 4.98 Å². The molecule has 0 spiro atoms.